The number of halogens is 1. The van der Waals surface area contributed by atoms with Gasteiger partial charge in [0.1, 0.15) is 6.26 Å². The van der Waals surface area contributed by atoms with E-state index in [1.807, 2.05) is 6.07 Å². The minimum Gasteiger partial charge on any atom is -0.440 e. The fraction of sp³-hybridized carbons (Fsp3) is 0.125. The molecule has 2 aromatic rings. The first-order chi connectivity index (χ1) is 6.84. The zero-order valence-electron chi connectivity index (χ0n) is 7.05. The van der Waals surface area contributed by atoms with E-state index in [9.17, 15) is 0 Å². The Hall–Kier alpha value is -1.07. The second-order valence-electron chi connectivity index (χ2n) is 2.43. The molecule has 0 saturated heterocycles. The lowest BCUT2D eigenvalue weighted by Gasteiger charge is -1.95. The predicted octanol–water partition coefficient (Wildman–Crippen LogP) is 2.41. The predicted molar refractivity (Wildman–Crippen MR) is 53.1 cm³/mol. The van der Waals surface area contributed by atoms with Crippen LogP contribution in [0.3, 0.4) is 0 Å². The quantitative estimate of drug-likeness (QED) is 0.754. The van der Waals surface area contributed by atoms with Gasteiger partial charge in [0.15, 0.2) is 5.15 Å². The normalized spacial score (nSPS) is 10.4. The van der Waals surface area contributed by atoms with Crippen LogP contribution in [0.5, 0.6) is 0 Å². The third-order valence-electron chi connectivity index (χ3n) is 1.44. The molecule has 4 nitrogen and oxygen atoms in total. The number of oxazole rings is 1. The highest BCUT2D eigenvalue weighted by molar-refractivity contribution is 7.98. The molecule has 0 fully saturated rings. The van der Waals surface area contributed by atoms with Crippen LogP contribution in [-0.2, 0) is 5.75 Å². The number of hydrogen-bond acceptors (Lipinski definition) is 5. The highest BCUT2D eigenvalue weighted by Crippen LogP contribution is 2.19. The van der Waals surface area contributed by atoms with Gasteiger partial charge >= 0.3 is 0 Å². The molecule has 0 amide bonds. The highest BCUT2D eigenvalue weighted by Gasteiger charge is 2.01. The summed E-state index contributed by atoms with van der Waals surface area (Å²) in [6.07, 6.45) is 3.14. The number of thioether (sulfide) groups is 1. The molecule has 0 spiro atoms. The first-order valence-corrected chi connectivity index (χ1v) is 5.21. The van der Waals surface area contributed by atoms with E-state index in [0.29, 0.717) is 16.1 Å². The summed E-state index contributed by atoms with van der Waals surface area (Å²) >= 11 is 7.06. The Kier molecular flexibility index (Phi) is 3.00. The van der Waals surface area contributed by atoms with Crippen LogP contribution in [0, 0.1) is 0 Å². The van der Waals surface area contributed by atoms with E-state index in [0.717, 1.165) is 5.69 Å². The van der Waals surface area contributed by atoms with E-state index in [4.69, 9.17) is 16.0 Å². The molecule has 0 atom stereocenters. The molecule has 0 saturated carbocycles. The van der Waals surface area contributed by atoms with Gasteiger partial charge in [0, 0.05) is 5.75 Å². The summed E-state index contributed by atoms with van der Waals surface area (Å²) in [5.74, 6) is 0.671. The SMILES string of the molecule is Clc1ccc(CSc2ncco2)nn1. The minimum absolute atomic E-state index is 0.398. The van der Waals surface area contributed by atoms with Crippen LogP contribution in [-0.4, -0.2) is 15.2 Å². The van der Waals surface area contributed by atoms with E-state index in [2.05, 4.69) is 15.2 Å². The molecular weight excluding hydrogens is 222 g/mol. The molecule has 2 heterocycles. The van der Waals surface area contributed by atoms with Crippen LogP contribution < -0.4 is 0 Å². The standard InChI is InChI=1S/C8H6ClN3OS/c9-7-2-1-6(11-12-7)5-14-8-10-3-4-13-8/h1-4H,5H2. The minimum atomic E-state index is 0.398. The number of hydrogen-bond donors (Lipinski definition) is 0. The maximum absolute atomic E-state index is 5.60. The average molecular weight is 228 g/mol. The van der Waals surface area contributed by atoms with Gasteiger partial charge in [0.2, 0.25) is 0 Å². The van der Waals surface area contributed by atoms with E-state index < -0.39 is 0 Å². The van der Waals surface area contributed by atoms with Gasteiger partial charge in [-0.15, -0.1) is 5.10 Å². The van der Waals surface area contributed by atoms with Gasteiger partial charge in [-0.3, -0.25) is 0 Å². The Bertz CT molecular complexity index is 389. The topological polar surface area (TPSA) is 51.8 Å². The molecule has 0 radical (unpaired) electrons. The zero-order chi connectivity index (χ0) is 9.80. The van der Waals surface area contributed by atoms with Crippen LogP contribution >= 0.6 is 23.4 Å². The van der Waals surface area contributed by atoms with Crippen LogP contribution in [0.2, 0.25) is 5.15 Å². The lowest BCUT2D eigenvalue weighted by atomic mass is 10.4. The summed E-state index contributed by atoms with van der Waals surface area (Å²) in [5.41, 5.74) is 0.845. The largest absolute Gasteiger partial charge is 0.440 e. The average Bonchev–Trinajstić information content (AvgIpc) is 2.70. The number of rotatable bonds is 3. The van der Waals surface area contributed by atoms with Crippen LogP contribution in [0.1, 0.15) is 5.69 Å². The molecule has 0 bridgehead atoms. The third-order valence-corrected chi connectivity index (χ3v) is 2.53. The Morgan fingerprint density at radius 2 is 2.29 bits per heavy atom. The number of aromatic nitrogens is 3. The summed E-state index contributed by atoms with van der Waals surface area (Å²) < 4.78 is 5.06. The molecule has 0 N–H and O–H groups in total. The Balaban J connectivity index is 1.95. The summed E-state index contributed by atoms with van der Waals surface area (Å²) in [6, 6.07) is 3.53. The van der Waals surface area contributed by atoms with Gasteiger partial charge in [-0.1, -0.05) is 23.4 Å². The third kappa shape index (κ3) is 2.46. The monoisotopic (exact) mass is 227 g/mol. The maximum atomic E-state index is 5.60. The van der Waals surface area contributed by atoms with Crippen LogP contribution in [0.4, 0.5) is 0 Å². The van der Waals surface area contributed by atoms with Crippen molar-refractivity contribution in [3.63, 3.8) is 0 Å². The van der Waals surface area contributed by atoms with Gasteiger partial charge in [-0.25, -0.2) is 4.98 Å². The fourth-order valence-corrected chi connectivity index (χ4v) is 1.62. The van der Waals surface area contributed by atoms with Crippen molar-refractivity contribution < 1.29 is 4.42 Å². The summed E-state index contributed by atoms with van der Waals surface area (Å²) in [5, 5.41) is 8.66. The molecule has 2 aromatic heterocycles. The molecule has 14 heavy (non-hydrogen) atoms. The van der Waals surface area contributed by atoms with Crippen LogP contribution in [0.15, 0.2) is 34.2 Å². The summed E-state index contributed by atoms with van der Waals surface area (Å²) in [4.78, 5) is 3.97. The molecule has 0 aliphatic rings. The lowest BCUT2D eigenvalue weighted by molar-refractivity contribution is 0.454. The Morgan fingerprint density at radius 1 is 1.36 bits per heavy atom. The van der Waals surface area contributed by atoms with E-state index >= 15 is 0 Å². The molecule has 0 aliphatic carbocycles. The van der Waals surface area contributed by atoms with Crippen molar-refractivity contribution in [2.45, 2.75) is 11.0 Å². The second-order valence-corrected chi connectivity index (χ2v) is 3.75. The molecular formula is C8H6ClN3OS. The molecule has 72 valence electrons. The molecule has 6 heteroatoms. The fourth-order valence-electron chi connectivity index (χ4n) is 0.838. The van der Waals surface area contributed by atoms with Crippen molar-refractivity contribution in [3.05, 3.63) is 35.4 Å². The Labute approximate surface area is 89.7 Å². The summed E-state index contributed by atoms with van der Waals surface area (Å²) in [6.45, 7) is 0. The van der Waals surface area contributed by atoms with Gasteiger partial charge in [0.05, 0.1) is 11.9 Å². The molecule has 2 rings (SSSR count). The number of nitrogens with zero attached hydrogens (tertiary/aromatic N) is 3. The van der Waals surface area contributed by atoms with Crippen molar-refractivity contribution in [1.82, 2.24) is 15.2 Å². The molecule has 0 aliphatic heterocycles. The summed E-state index contributed by atoms with van der Waals surface area (Å²) in [7, 11) is 0. The first kappa shape index (κ1) is 9.48. The van der Waals surface area contributed by atoms with Gasteiger partial charge in [-0.05, 0) is 12.1 Å². The van der Waals surface area contributed by atoms with Gasteiger partial charge < -0.3 is 4.42 Å². The second kappa shape index (κ2) is 4.43. The van der Waals surface area contributed by atoms with Crippen molar-refractivity contribution in [2.75, 3.05) is 0 Å². The van der Waals surface area contributed by atoms with Gasteiger partial charge in [-0.2, -0.15) is 5.10 Å². The van der Waals surface area contributed by atoms with Crippen molar-refractivity contribution in [3.8, 4) is 0 Å². The molecule has 0 aromatic carbocycles. The van der Waals surface area contributed by atoms with Crippen molar-refractivity contribution >= 4 is 23.4 Å². The van der Waals surface area contributed by atoms with E-state index in [1.54, 1.807) is 12.3 Å². The maximum Gasteiger partial charge on any atom is 0.255 e. The smallest absolute Gasteiger partial charge is 0.255 e. The first-order valence-electron chi connectivity index (χ1n) is 3.85. The lowest BCUT2D eigenvalue weighted by Crippen LogP contribution is -1.89. The van der Waals surface area contributed by atoms with E-state index in [1.165, 1.54) is 18.0 Å². The van der Waals surface area contributed by atoms with E-state index in [-0.39, 0.29) is 0 Å². The van der Waals surface area contributed by atoms with Crippen molar-refractivity contribution in [2.24, 2.45) is 0 Å². The molecule has 0 unspecified atom stereocenters. The Morgan fingerprint density at radius 3 is 2.93 bits per heavy atom. The van der Waals surface area contributed by atoms with Crippen LogP contribution in [0.25, 0.3) is 0 Å². The zero-order valence-corrected chi connectivity index (χ0v) is 8.63. The van der Waals surface area contributed by atoms with Crippen molar-refractivity contribution in [1.29, 1.82) is 0 Å². The van der Waals surface area contributed by atoms with Gasteiger partial charge in [0.25, 0.3) is 5.22 Å². The highest BCUT2D eigenvalue weighted by atomic mass is 35.5.